The molecule has 27 heavy (non-hydrogen) atoms. The normalized spacial score (nSPS) is 21.6. The Hall–Kier alpha value is -1.66. The maximum Gasteiger partial charge on any atom is 0.159 e. The number of aromatic nitrogens is 3. The second-order valence-corrected chi connectivity index (χ2v) is 8.87. The molecule has 2 saturated heterocycles. The summed E-state index contributed by atoms with van der Waals surface area (Å²) in [5.41, 5.74) is 3.91. The molecule has 0 aliphatic carbocycles. The molecule has 0 spiro atoms. The first kappa shape index (κ1) is 18.7. The lowest BCUT2D eigenvalue weighted by molar-refractivity contribution is 0.0903. The predicted molar refractivity (Wildman–Crippen MR) is 109 cm³/mol. The molecule has 0 amide bonds. The van der Waals surface area contributed by atoms with Gasteiger partial charge in [-0.05, 0) is 44.6 Å². The van der Waals surface area contributed by atoms with E-state index in [1.807, 2.05) is 10.9 Å². The molecule has 0 radical (unpaired) electrons. The summed E-state index contributed by atoms with van der Waals surface area (Å²) in [7, 11) is 0. The van der Waals surface area contributed by atoms with E-state index in [-0.39, 0.29) is 0 Å². The molecule has 2 aliphatic rings. The number of likely N-dealkylation sites (tertiary alicyclic amines) is 1. The van der Waals surface area contributed by atoms with Crippen LogP contribution in [0.2, 0.25) is 0 Å². The van der Waals surface area contributed by atoms with Gasteiger partial charge < -0.3 is 10.1 Å². The monoisotopic (exact) mass is 371 g/mol. The Labute approximate surface area is 162 Å². The lowest BCUT2D eigenvalue weighted by Crippen LogP contribution is -2.39. The molecule has 4 heterocycles. The van der Waals surface area contributed by atoms with Crippen LogP contribution < -0.4 is 5.32 Å². The van der Waals surface area contributed by atoms with Crippen molar-refractivity contribution in [3.05, 3.63) is 18.0 Å². The van der Waals surface area contributed by atoms with E-state index in [0.717, 1.165) is 56.7 Å². The number of rotatable bonds is 5. The molecule has 2 aromatic heterocycles. The smallest absolute Gasteiger partial charge is 0.159 e. The van der Waals surface area contributed by atoms with Crippen molar-refractivity contribution in [3.63, 3.8) is 0 Å². The van der Waals surface area contributed by atoms with Crippen LogP contribution in [0.4, 0.5) is 5.69 Å². The van der Waals surface area contributed by atoms with Crippen LogP contribution in [0.25, 0.3) is 11.0 Å². The molecular weight excluding hydrogens is 338 g/mol. The molecule has 0 atom stereocenters. The molecule has 2 fully saturated rings. The third kappa shape index (κ3) is 4.11. The summed E-state index contributed by atoms with van der Waals surface area (Å²) in [5, 5.41) is 9.54. The molecule has 0 unspecified atom stereocenters. The predicted octanol–water partition coefficient (Wildman–Crippen LogP) is 3.66. The minimum absolute atomic E-state index is 0.400. The lowest BCUT2D eigenvalue weighted by Gasteiger charge is -2.38. The first-order chi connectivity index (χ1) is 13.1. The number of hydrogen-bond acceptors (Lipinski definition) is 5. The molecule has 6 nitrogen and oxygen atoms in total. The van der Waals surface area contributed by atoms with Gasteiger partial charge in [0.2, 0.25) is 0 Å². The Bertz CT molecular complexity index is 778. The van der Waals surface area contributed by atoms with Gasteiger partial charge in [-0.25, -0.2) is 9.67 Å². The SMILES string of the molecule is CCn1ncc2c(NC3CCOCC3)c(CN3CCCC(C)(C)C3)cnc21. The van der Waals surface area contributed by atoms with Crippen molar-refractivity contribution < 1.29 is 4.74 Å². The maximum absolute atomic E-state index is 5.54. The number of nitrogens with one attached hydrogen (secondary N) is 1. The van der Waals surface area contributed by atoms with Crippen LogP contribution in [-0.4, -0.2) is 52.0 Å². The highest BCUT2D eigenvalue weighted by Gasteiger charge is 2.27. The minimum atomic E-state index is 0.400. The van der Waals surface area contributed by atoms with Gasteiger partial charge in [-0.2, -0.15) is 5.10 Å². The molecule has 0 saturated carbocycles. The van der Waals surface area contributed by atoms with E-state index in [4.69, 9.17) is 9.72 Å². The van der Waals surface area contributed by atoms with E-state index in [0.29, 0.717) is 11.5 Å². The number of anilines is 1. The van der Waals surface area contributed by atoms with Gasteiger partial charge in [0.25, 0.3) is 0 Å². The van der Waals surface area contributed by atoms with Crippen molar-refractivity contribution >= 4 is 16.7 Å². The summed E-state index contributed by atoms with van der Waals surface area (Å²) < 4.78 is 7.53. The molecule has 1 N–H and O–H groups in total. The topological polar surface area (TPSA) is 55.2 Å². The molecule has 148 valence electrons. The van der Waals surface area contributed by atoms with Gasteiger partial charge in [-0.3, -0.25) is 4.90 Å². The van der Waals surface area contributed by atoms with Crippen LogP contribution in [0.3, 0.4) is 0 Å². The van der Waals surface area contributed by atoms with Crippen LogP contribution in [0.1, 0.15) is 52.0 Å². The van der Waals surface area contributed by atoms with Crippen LogP contribution in [-0.2, 0) is 17.8 Å². The Balaban J connectivity index is 1.64. The average molecular weight is 372 g/mol. The maximum atomic E-state index is 5.54. The first-order valence-electron chi connectivity index (χ1n) is 10.5. The summed E-state index contributed by atoms with van der Waals surface area (Å²) in [4.78, 5) is 7.37. The first-order valence-corrected chi connectivity index (χ1v) is 10.5. The van der Waals surface area contributed by atoms with Crippen molar-refractivity contribution in [2.24, 2.45) is 5.41 Å². The number of ether oxygens (including phenoxy) is 1. The summed E-state index contributed by atoms with van der Waals surface area (Å²) in [5.74, 6) is 0. The van der Waals surface area contributed by atoms with E-state index in [1.54, 1.807) is 0 Å². The van der Waals surface area contributed by atoms with Crippen LogP contribution in [0, 0.1) is 5.41 Å². The number of piperidine rings is 1. The van der Waals surface area contributed by atoms with Crippen LogP contribution in [0.15, 0.2) is 12.4 Å². The summed E-state index contributed by atoms with van der Waals surface area (Å²) in [6.45, 7) is 12.7. The van der Waals surface area contributed by atoms with Crippen molar-refractivity contribution in [1.29, 1.82) is 0 Å². The Morgan fingerprint density at radius 2 is 2.07 bits per heavy atom. The quantitative estimate of drug-likeness (QED) is 0.869. The molecular formula is C21H33N5O. The molecule has 6 heteroatoms. The molecule has 0 bridgehead atoms. The van der Waals surface area contributed by atoms with Gasteiger partial charge in [0.15, 0.2) is 5.65 Å². The number of nitrogens with zero attached hydrogens (tertiary/aromatic N) is 4. The minimum Gasteiger partial charge on any atom is -0.381 e. The highest BCUT2D eigenvalue weighted by molar-refractivity contribution is 5.90. The number of pyridine rings is 1. The van der Waals surface area contributed by atoms with Gasteiger partial charge >= 0.3 is 0 Å². The Kier molecular flexibility index (Phi) is 5.37. The molecule has 2 aromatic rings. The summed E-state index contributed by atoms with van der Waals surface area (Å²) in [6, 6.07) is 0.464. The van der Waals surface area contributed by atoms with E-state index < -0.39 is 0 Å². The van der Waals surface area contributed by atoms with Crippen molar-refractivity contribution in [1.82, 2.24) is 19.7 Å². The van der Waals surface area contributed by atoms with E-state index in [2.05, 4.69) is 42.3 Å². The van der Waals surface area contributed by atoms with Gasteiger partial charge in [-0.1, -0.05) is 13.8 Å². The number of aryl methyl sites for hydroxylation is 1. The molecule has 4 rings (SSSR count). The molecule has 0 aromatic carbocycles. The zero-order valence-electron chi connectivity index (χ0n) is 17.0. The van der Waals surface area contributed by atoms with Crippen LogP contribution >= 0.6 is 0 Å². The highest BCUT2D eigenvalue weighted by atomic mass is 16.5. The Morgan fingerprint density at radius 3 is 2.81 bits per heavy atom. The highest BCUT2D eigenvalue weighted by Crippen LogP contribution is 2.33. The van der Waals surface area contributed by atoms with Crippen molar-refractivity contribution in [3.8, 4) is 0 Å². The van der Waals surface area contributed by atoms with Gasteiger partial charge in [0.1, 0.15) is 0 Å². The largest absolute Gasteiger partial charge is 0.381 e. The fourth-order valence-electron chi connectivity index (χ4n) is 4.56. The zero-order valence-corrected chi connectivity index (χ0v) is 17.0. The van der Waals surface area contributed by atoms with Crippen molar-refractivity contribution in [2.75, 3.05) is 31.6 Å². The van der Waals surface area contributed by atoms with Crippen LogP contribution in [0.5, 0.6) is 0 Å². The third-order valence-electron chi connectivity index (χ3n) is 5.99. The standard InChI is InChI=1S/C21H33N5O/c1-4-26-20-18(13-23-26)19(24-17-6-10-27-11-7-17)16(12-22-20)14-25-9-5-8-21(2,3)15-25/h12-13,17H,4-11,14-15H2,1-3H3,(H,22,24). The van der Waals surface area contributed by atoms with E-state index >= 15 is 0 Å². The van der Waals surface area contributed by atoms with Crippen molar-refractivity contribution in [2.45, 2.75) is 65.6 Å². The van der Waals surface area contributed by atoms with E-state index in [9.17, 15) is 0 Å². The summed E-state index contributed by atoms with van der Waals surface area (Å²) in [6.07, 6.45) is 8.76. The van der Waals surface area contributed by atoms with Gasteiger partial charge in [0, 0.05) is 50.7 Å². The van der Waals surface area contributed by atoms with E-state index in [1.165, 1.54) is 30.6 Å². The lowest BCUT2D eigenvalue weighted by atomic mass is 9.84. The Morgan fingerprint density at radius 1 is 1.26 bits per heavy atom. The fourth-order valence-corrected chi connectivity index (χ4v) is 4.56. The zero-order chi connectivity index (χ0) is 18.9. The number of hydrogen-bond donors (Lipinski definition) is 1. The summed E-state index contributed by atoms with van der Waals surface area (Å²) >= 11 is 0. The molecule has 2 aliphatic heterocycles. The third-order valence-corrected chi connectivity index (χ3v) is 5.99. The average Bonchev–Trinajstić information content (AvgIpc) is 3.07. The second kappa shape index (κ2) is 7.76. The van der Waals surface area contributed by atoms with Gasteiger partial charge in [-0.15, -0.1) is 0 Å². The van der Waals surface area contributed by atoms with Gasteiger partial charge in [0.05, 0.1) is 17.3 Å². The number of fused-ring (bicyclic) bond motifs is 1. The fraction of sp³-hybridized carbons (Fsp3) is 0.714. The second-order valence-electron chi connectivity index (χ2n) is 8.87.